The molecule has 614 valence electrons. The van der Waals surface area contributed by atoms with E-state index < -0.39 is 39.7 Å². The minimum atomic E-state index is -0.842. The number of carbonyl (C=O) groups excluding carboxylic acids is 6. The molecule has 8 unspecified atom stereocenters. The highest BCUT2D eigenvalue weighted by atomic mass is 16.6. The third-order valence-corrected chi connectivity index (χ3v) is 25.6. The predicted molar refractivity (Wildman–Crippen MR) is 429 cm³/mol. The van der Waals surface area contributed by atoms with Crippen molar-refractivity contribution in [1.29, 1.82) is 0 Å². The lowest BCUT2D eigenvalue weighted by Crippen LogP contribution is -2.67. The molecule has 11 aliphatic carbocycles. The van der Waals surface area contributed by atoms with Crippen molar-refractivity contribution in [3.8, 4) is 11.5 Å². The first-order valence-electron chi connectivity index (χ1n) is 37.0. The van der Waals surface area contributed by atoms with Crippen molar-refractivity contribution in [3.05, 3.63) is 23.8 Å². The van der Waals surface area contributed by atoms with Crippen LogP contribution >= 0.6 is 0 Å². The summed E-state index contributed by atoms with van der Waals surface area (Å²) in [5.74, 6) is 3.87. The summed E-state index contributed by atoms with van der Waals surface area (Å²) in [7, 11) is 0. The van der Waals surface area contributed by atoms with Gasteiger partial charge in [0.1, 0.15) is 29.0 Å². The Morgan fingerprint density at radius 2 is 0.990 bits per heavy atom. The van der Waals surface area contributed by atoms with Crippen LogP contribution in [0, 0.1) is 80.8 Å². The van der Waals surface area contributed by atoms with Gasteiger partial charge in [0.05, 0.1) is 38.8 Å². The SMILES string of the molecule is C.C.C.C.C.C.C.C.C.C.CCC(C)(C)C(=O)OC1(C(C)C)C2CC3CC(C2)CC1C3.CCC(C)(C)C(=O)OC1(C(C)C)CCCC1.CCC(C)(C)C(=O)OC12CC3CC(O)(CC(O)(C3)C1)C2.CCC(C)(CC)C(=O)OCC(=O)OC1C2CC3CC(C2)C(=O)OC1C3.CCC(C)c1ccc(O)c(O)c1. The Hall–Kier alpha value is -4.44. The third kappa shape index (κ3) is 23.8. The first-order chi connectivity index (χ1) is 43.7. The minimum absolute atomic E-state index is 0. The molecule has 1 aromatic carbocycles. The van der Waals surface area contributed by atoms with Crippen molar-refractivity contribution in [3.63, 3.8) is 0 Å². The number of esters is 6. The average Bonchev–Trinajstić information content (AvgIpc) is 0.885. The predicted octanol–water partition coefficient (Wildman–Crippen LogP) is 22.5. The second-order valence-electron chi connectivity index (χ2n) is 34.4. The number of aromatic hydroxyl groups is 2. The zero-order valence-corrected chi connectivity index (χ0v) is 61.3. The van der Waals surface area contributed by atoms with Crippen molar-refractivity contribution in [1.82, 2.24) is 0 Å². The van der Waals surface area contributed by atoms with Gasteiger partial charge in [-0.1, -0.05) is 156 Å². The molecule has 4 N–H and O–H groups in total. The monoisotopic (exact) mass is 1480 g/mol. The molecule has 16 heteroatoms. The molecule has 8 atom stereocenters. The van der Waals surface area contributed by atoms with E-state index in [2.05, 4.69) is 48.5 Å². The first kappa shape index (κ1) is 106. The van der Waals surface area contributed by atoms with Gasteiger partial charge in [0.25, 0.3) is 0 Å². The molecular weight excluding hydrogens is 1310 g/mol. The van der Waals surface area contributed by atoms with E-state index >= 15 is 0 Å². The maximum absolute atomic E-state index is 12.8. The van der Waals surface area contributed by atoms with Crippen LogP contribution in [-0.4, -0.2) is 103 Å². The third-order valence-electron chi connectivity index (χ3n) is 25.6. The lowest BCUT2D eigenvalue weighted by Gasteiger charge is -2.62. The Morgan fingerprint density at radius 1 is 0.529 bits per heavy atom. The number of hydrogen-bond donors (Lipinski definition) is 4. The van der Waals surface area contributed by atoms with Gasteiger partial charge in [-0.2, -0.15) is 0 Å². The van der Waals surface area contributed by atoms with Gasteiger partial charge in [0.15, 0.2) is 18.1 Å². The molecular formula is C88H166O16. The summed E-state index contributed by atoms with van der Waals surface area (Å²) in [5, 5.41) is 39.6. The Balaban J connectivity index is -0.000000597. The highest BCUT2D eigenvalue weighted by molar-refractivity contribution is 5.80. The second-order valence-corrected chi connectivity index (χ2v) is 34.4. The number of phenols is 2. The highest BCUT2D eigenvalue weighted by Crippen LogP contribution is 2.63. The molecule has 104 heavy (non-hydrogen) atoms. The van der Waals surface area contributed by atoms with Crippen LogP contribution in [0.25, 0.3) is 0 Å². The molecule has 16 nitrogen and oxygen atoms in total. The molecule has 11 saturated carbocycles. The van der Waals surface area contributed by atoms with Crippen LogP contribution in [0.5, 0.6) is 11.5 Å². The summed E-state index contributed by atoms with van der Waals surface area (Å²) in [4.78, 5) is 73.7. The zero-order chi connectivity index (χ0) is 70.0. The van der Waals surface area contributed by atoms with Crippen molar-refractivity contribution < 1.29 is 77.6 Å². The number of phenolic OH excluding ortho intramolecular Hbond substituents is 2. The lowest BCUT2D eigenvalue weighted by atomic mass is 9.47. The molecule has 2 saturated heterocycles. The smallest absolute Gasteiger partial charge is 0.344 e. The van der Waals surface area contributed by atoms with Crippen LogP contribution in [0.15, 0.2) is 18.2 Å². The van der Waals surface area contributed by atoms with E-state index in [1.54, 1.807) is 6.07 Å². The molecule has 2 aliphatic heterocycles. The minimum Gasteiger partial charge on any atom is -0.504 e. The van der Waals surface area contributed by atoms with Gasteiger partial charge in [-0.15, -0.1) is 0 Å². The van der Waals surface area contributed by atoms with Crippen LogP contribution in [0.4, 0.5) is 0 Å². The number of rotatable bonds is 19. The molecule has 13 aliphatic rings. The number of ether oxygens (including phenoxy) is 6. The molecule has 2 heterocycles. The second kappa shape index (κ2) is 41.4. The Morgan fingerprint density at radius 3 is 1.41 bits per heavy atom. The van der Waals surface area contributed by atoms with Crippen LogP contribution in [-0.2, 0) is 57.2 Å². The van der Waals surface area contributed by atoms with Crippen LogP contribution in [0.1, 0.15) is 371 Å². The van der Waals surface area contributed by atoms with E-state index in [0.29, 0.717) is 67.6 Å². The van der Waals surface area contributed by atoms with Crippen LogP contribution in [0.2, 0.25) is 0 Å². The molecule has 0 amide bonds. The average molecular weight is 1480 g/mol. The van der Waals surface area contributed by atoms with Crippen molar-refractivity contribution >= 4 is 35.8 Å². The maximum atomic E-state index is 12.8. The van der Waals surface area contributed by atoms with E-state index in [9.17, 15) is 44.1 Å². The van der Waals surface area contributed by atoms with E-state index in [-0.39, 0.29) is 168 Å². The van der Waals surface area contributed by atoms with Gasteiger partial charge in [0.2, 0.25) is 0 Å². The number of benzene rings is 1. The van der Waals surface area contributed by atoms with Crippen molar-refractivity contribution in [2.75, 3.05) is 6.61 Å². The molecule has 14 rings (SSSR count). The number of carbonyl (C=O) groups is 6. The highest BCUT2D eigenvalue weighted by Gasteiger charge is 2.65. The van der Waals surface area contributed by atoms with Crippen LogP contribution < -0.4 is 0 Å². The zero-order valence-electron chi connectivity index (χ0n) is 61.3. The normalized spacial score (nSPS) is 30.0. The van der Waals surface area contributed by atoms with Gasteiger partial charge < -0.3 is 48.8 Å². The molecule has 1 aromatic rings. The van der Waals surface area contributed by atoms with Crippen molar-refractivity contribution in [2.45, 2.75) is 406 Å². The number of fused-ring (bicyclic) bond motifs is 1. The summed E-state index contributed by atoms with van der Waals surface area (Å²) < 4.78 is 34.5. The summed E-state index contributed by atoms with van der Waals surface area (Å²) in [6.45, 7) is 36.2. The molecule has 0 spiro atoms. The van der Waals surface area contributed by atoms with E-state index in [1.165, 1.54) is 51.0 Å². The molecule has 12 bridgehead atoms. The van der Waals surface area contributed by atoms with E-state index in [4.69, 9.17) is 33.5 Å². The number of aliphatic hydroxyl groups is 2. The maximum Gasteiger partial charge on any atom is 0.344 e. The van der Waals surface area contributed by atoms with Crippen molar-refractivity contribution in [2.24, 2.45) is 80.8 Å². The van der Waals surface area contributed by atoms with E-state index in [1.807, 2.05) is 82.2 Å². The largest absolute Gasteiger partial charge is 0.504 e. The Bertz CT molecular complexity index is 2740. The quantitative estimate of drug-likeness (QED) is 0.0572. The molecule has 0 radical (unpaired) electrons. The molecule has 13 fully saturated rings. The Kier molecular flexibility index (Phi) is 42.1. The summed E-state index contributed by atoms with van der Waals surface area (Å²) in [6, 6.07) is 4.98. The fourth-order valence-corrected chi connectivity index (χ4v) is 18.2. The summed E-state index contributed by atoms with van der Waals surface area (Å²) in [5.41, 5.74) is -3.39. The van der Waals surface area contributed by atoms with Gasteiger partial charge in [-0.25, -0.2) is 4.79 Å². The summed E-state index contributed by atoms with van der Waals surface area (Å²) in [6.07, 6.45) is 22.2. The van der Waals surface area contributed by atoms with Gasteiger partial charge in [0, 0.05) is 25.2 Å². The van der Waals surface area contributed by atoms with E-state index in [0.717, 1.165) is 101 Å². The number of hydrogen-bond acceptors (Lipinski definition) is 16. The fourth-order valence-electron chi connectivity index (χ4n) is 18.2. The van der Waals surface area contributed by atoms with Gasteiger partial charge >= 0.3 is 35.8 Å². The lowest BCUT2D eigenvalue weighted by molar-refractivity contribution is -0.264. The van der Waals surface area contributed by atoms with Crippen LogP contribution in [0.3, 0.4) is 0 Å². The standard InChI is InChI=1S/C19H28O6.C19H32O2.C16H26O4.C14H26O2.C10H14O2.10CH4/c1-4-19(3,5-2)18(22)23-10-15(20)25-16-12-6-11-7-13(9-12)17(21)24-14(16)8-11;1-6-18(4,5)17(20)21-19(12(2)3)15-8-13-7-14(10-15)11-16(19)9-13;1-4-13(2,3)12(17)20-16-7-11-5-14(18,9-16)8-15(19,6-11)10-16;1-6-13(4,5)12(15)16-14(11(2)3)9-7-8-10-14;1-3-7(2)8-4-5-9(11)10(12)6-8;;;;;;;;;;/h11-14,16H,4-10H2,1-3H3;12-16H,6-11H2,1-5H3;11,18-19H,4-10H2,1-3H3;11H,6-10H2,1-5H3;4-7,11-12H,3H2,1-2H3;10*1H4. The molecule has 0 aromatic heterocycles. The van der Waals surface area contributed by atoms with Gasteiger partial charge in [-0.05, 0) is 261 Å². The fraction of sp³-hybridized carbons (Fsp3) is 0.864. The Labute approximate surface area is 638 Å². The topological polar surface area (TPSA) is 239 Å². The van der Waals surface area contributed by atoms with Gasteiger partial charge in [-0.3, -0.25) is 24.0 Å². The summed E-state index contributed by atoms with van der Waals surface area (Å²) >= 11 is 0. The first-order valence-corrected chi connectivity index (χ1v) is 37.0.